The van der Waals surface area contributed by atoms with Crippen LogP contribution in [0.5, 0.6) is 0 Å². The quantitative estimate of drug-likeness (QED) is 0.787. The molecule has 0 spiro atoms. The van der Waals surface area contributed by atoms with Crippen molar-refractivity contribution in [1.82, 2.24) is 4.90 Å². The van der Waals surface area contributed by atoms with E-state index in [0.29, 0.717) is 0 Å². The zero-order valence-corrected chi connectivity index (χ0v) is 9.67. The molecule has 1 aromatic heterocycles. The summed E-state index contributed by atoms with van der Waals surface area (Å²) in [5.74, 6) is 1.10. The molecule has 0 saturated heterocycles. The molecule has 0 unspecified atom stereocenters. The molecule has 0 N–H and O–H groups in total. The van der Waals surface area contributed by atoms with E-state index >= 15 is 0 Å². The highest BCUT2D eigenvalue weighted by molar-refractivity contribution is 14.1. The Balaban J connectivity index is 2.24. The summed E-state index contributed by atoms with van der Waals surface area (Å²) in [4.78, 5) is 2.19. The highest BCUT2D eigenvalue weighted by Crippen LogP contribution is 2.11. The second-order valence-corrected chi connectivity index (χ2v) is 4.18. The van der Waals surface area contributed by atoms with E-state index in [-0.39, 0.29) is 0 Å². The van der Waals surface area contributed by atoms with Crippen LogP contribution in [0, 0.1) is 3.77 Å². The maximum Gasteiger partial charge on any atom is 0.163 e. The lowest BCUT2D eigenvalue weighted by Gasteiger charge is -2.07. The molecule has 0 amide bonds. The van der Waals surface area contributed by atoms with E-state index in [1.807, 2.05) is 6.07 Å². The average molecular weight is 279 g/mol. The summed E-state index contributed by atoms with van der Waals surface area (Å²) in [6.07, 6.45) is 2.21. The van der Waals surface area contributed by atoms with Crippen molar-refractivity contribution in [2.24, 2.45) is 0 Å². The molecule has 0 aliphatic heterocycles. The Morgan fingerprint density at radius 2 is 2.17 bits per heavy atom. The third-order valence-electron chi connectivity index (χ3n) is 1.66. The Labute approximate surface area is 87.1 Å². The smallest absolute Gasteiger partial charge is 0.163 e. The van der Waals surface area contributed by atoms with Gasteiger partial charge in [-0.1, -0.05) is 0 Å². The molecule has 1 rings (SSSR count). The zero-order chi connectivity index (χ0) is 8.97. The second kappa shape index (κ2) is 4.87. The molecule has 68 valence electrons. The molecular formula is C9H14INO. The van der Waals surface area contributed by atoms with Crippen LogP contribution in [0.1, 0.15) is 12.2 Å². The first kappa shape index (κ1) is 10.1. The van der Waals surface area contributed by atoms with Crippen molar-refractivity contribution in [2.75, 3.05) is 20.6 Å². The van der Waals surface area contributed by atoms with Crippen LogP contribution in [0.25, 0.3) is 0 Å². The molecule has 3 heteroatoms. The van der Waals surface area contributed by atoms with E-state index in [1.54, 1.807) is 0 Å². The van der Waals surface area contributed by atoms with Gasteiger partial charge >= 0.3 is 0 Å². The van der Waals surface area contributed by atoms with Crippen LogP contribution in [-0.2, 0) is 6.42 Å². The van der Waals surface area contributed by atoms with Crippen molar-refractivity contribution in [1.29, 1.82) is 0 Å². The summed E-state index contributed by atoms with van der Waals surface area (Å²) in [5.41, 5.74) is 0. The fourth-order valence-corrected chi connectivity index (χ4v) is 1.52. The normalized spacial score (nSPS) is 11.0. The summed E-state index contributed by atoms with van der Waals surface area (Å²) < 4.78 is 6.41. The minimum absolute atomic E-state index is 0.979. The van der Waals surface area contributed by atoms with Gasteiger partial charge in [0.05, 0.1) is 0 Å². The molecule has 0 aliphatic carbocycles. The molecule has 0 bridgehead atoms. The first-order chi connectivity index (χ1) is 5.68. The van der Waals surface area contributed by atoms with Crippen molar-refractivity contribution in [2.45, 2.75) is 12.8 Å². The highest BCUT2D eigenvalue weighted by Gasteiger charge is 1.98. The van der Waals surface area contributed by atoms with Gasteiger partial charge in [-0.3, -0.25) is 0 Å². The van der Waals surface area contributed by atoms with Gasteiger partial charge in [0.1, 0.15) is 5.76 Å². The van der Waals surface area contributed by atoms with E-state index in [2.05, 4.69) is 47.7 Å². The van der Waals surface area contributed by atoms with E-state index < -0.39 is 0 Å². The van der Waals surface area contributed by atoms with Gasteiger partial charge < -0.3 is 9.32 Å². The fraction of sp³-hybridized carbons (Fsp3) is 0.556. The number of furan rings is 1. The Morgan fingerprint density at radius 1 is 1.42 bits per heavy atom. The first-order valence-electron chi connectivity index (χ1n) is 4.07. The van der Waals surface area contributed by atoms with Crippen LogP contribution in [0.3, 0.4) is 0 Å². The molecule has 0 aromatic carbocycles. The van der Waals surface area contributed by atoms with Gasteiger partial charge in [-0.2, -0.15) is 0 Å². The summed E-state index contributed by atoms with van der Waals surface area (Å²) in [5, 5.41) is 0. The van der Waals surface area contributed by atoms with Crippen LogP contribution in [0.2, 0.25) is 0 Å². The Hall–Kier alpha value is -0.0300. The van der Waals surface area contributed by atoms with Crippen LogP contribution < -0.4 is 0 Å². The largest absolute Gasteiger partial charge is 0.455 e. The molecule has 0 fully saturated rings. The lowest BCUT2D eigenvalue weighted by Crippen LogP contribution is -2.13. The van der Waals surface area contributed by atoms with Crippen molar-refractivity contribution in [3.63, 3.8) is 0 Å². The molecule has 1 aromatic rings. The van der Waals surface area contributed by atoms with Crippen molar-refractivity contribution >= 4 is 22.6 Å². The standard InChI is InChI=1S/C9H14INO/c1-11(2)7-3-4-8-5-6-9(10)12-8/h5-6H,3-4,7H2,1-2H3. The Morgan fingerprint density at radius 3 is 2.67 bits per heavy atom. The van der Waals surface area contributed by atoms with Crippen molar-refractivity contribution in [3.05, 3.63) is 21.7 Å². The topological polar surface area (TPSA) is 16.4 Å². The minimum atomic E-state index is 0.979. The third-order valence-corrected chi connectivity index (χ3v) is 2.24. The summed E-state index contributed by atoms with van der Waals surface area (Å²) >= 11 is 2.19. The van der Waals surface area contributed by atoms with E-state index in [0.717, 1.165) is 28.9 Å². The number of hydrogen-bond donors (Lipinski definition) is 0. The van der Waals surface area contributed by atoms with Gasteiger partial charge in [0, 0.05) is 6.42 Å². The van der Waals surface area contributed by atoms with Crippen LogP contribution >= 0.6 is 22.6 Å². The summed E-state index contributed by atoms with van der Waals surface area (Å²) in [7, 11) is 4.18. The number of aryl methyl sites for hydroxylation is 1. The summed E-state index contributed by atoms with van der Waals surface area (Å²) in [6.45, 7) is 1.12. The van der Waals surface area contributed by atoms with Crippen LogP contribution in [0.15, 0.2) is 16.5 Å². The maximum absolute atomic E-state index is 5.43. The van der Waals surface area contributed by atoms with Crippen LogP contribution in [0.4, 0.5) is 0 Å². The predicted octanol–water partition coefficient (Wildman–Crippen LogP) is 2.38. The highest BCUT2D eigenvalue weighted by atomic mass is 127. The van der Waals surface area contributed by atoms with Gasteiger partial charge in [0.15, 0.2) is 3.77 Å². The Bertz CT molecular complexity index is 232. The molecule has 0 radical (unpaired) electrons. The van der Waals surface area contributed by atoms with E-state index in [1.165, 1.54) is 0 Å². The number of nitrogens with zero attached hydrogens (tertiary/aromatic N) is 1. The zero-order valence-electron chi connectivity index (χ0n) is 7.51. The maximum atomic E-state index is 5.43. The van der Waals surface area contributed by atoms with E-state index in [4.69, 9.17) is 4.42 Å². The lowest BCUT2D eigenvalue weighted by molar-refractivity contribution is 0.387. The van der Waals surface area contributed by atoms with Gasteiger partial charge in [0.25, 0.3) is 0 Å². The van der Waals surface area contributed by atoms with Crippen LogP contribution in [-0.4, -0.2) is 25.5 Å². The van der Waals surface area contributed by atoms with E-state index in [9.17, 15) is 0 Å². The number of hydrogen-bond acceptors (Lipinski definition) is 2. The average Bonchev–Trinajstić information content (AvgIpc) is 2.35. The van der Waals surface area contributed by atoms with Gasteiger partial charge in [-0.15, -0.1) is 0 Å². The minimum Gasteiger partial charge on any atom is -0.455 e. The molecule has 0 saturated carbocycles. The van der Waals surface area contributed by atoms with Gasteiger partial charge in [-0.05, 0) is 61.8 Å². The lowest BCUT2D eigenvalue weighted by atomic mass is 10.2. The Kier molecular flexibility index (Phi) is 4.08. The molecule has 0 aliphatic rings. The monoisotopic (exact) mass is 279 g/mol. The van der Waals surface area contributed by atoms with Crippen molar-refractivity contribution in [3.8, 4) is 0 Å². The predicted molar refractivity (Wildman–Crippen MR) is 58.3 cm³/mol. The molecule has 2 nitrogen and oxygen atoms in total. The third kappa shape index (κ3) is 3.58. The SMILES string of the molecule is CN(C)CCCc1ccc(I)o1. The fourth-order valence-electron chi connectivity index (χ4n) is 1.06. The molecule has 12 heavy (non-hydrogen) atoms. The molecule has 1 heterocycles. The summed E-state index contributed by atoms with van der Waals surface area (Å²) in [6, 6.07) is 4.06. The number of halogens is 1. The van der Waals surface area contributed by atoms with Crippen molar-refractivity contribution < 1.29 is 4.42 Å². The van der Waals surface area contributed by atoms with Gasteiger partial charge in [0.2, 0.25) is 0 Å². The first-order valence-corrected chi connectivity index (χ1v) is 5.15. The second-order valence-electron chi connectivity index (χ2n) is 3.11. The number of rotatable bonds is 4. The van der Waals surface area contributed by atoms with Gasteiger partial charge in [-0.25, -0.2) is 0 Å². The molecule has 0 atom stereocenters. The molecular weight excluding hydrogens is 265 g/mol.